The number of nitrogens with one attached hydrogen (secondary N) is 2. The number of hydrogen-bond acceptors (Lipinski definition) is 2. The summed E-state index contributed by atoms with van der Waals surface area (Å²) in [6, 6.07) is 15.2. The Morgan fingerprint density at radius 3 is 2.28 bits per heavy atom. The van der Waals surface area contributed by atoms with Crippen molar-refractivity contribution in [3.05, 3.63) is 71.5 Å². The molecule has 2 rings (SSSR count). The third-order valence-corrected chi connectivity index (χ3v) is 3.81. The highest BCUT2D eigenvalue weighted by Gasteiger charge is 2.04. The van der Waals surface area contributed by atoms with E-state index in [0.717, 1.165) is 24.8 Å². The molecule has 0 radical (unpaired) electrons. The minimum Gasteiger partial charge on any atom is -0.352 e. The maximum Gasteiger partial charge on any atom is 0.251 e. The van der Waals surface area contributed by atoms with Gasteiger partial charge in [-0.25, -0.2) is 4.39 Å². The highest BCUT2D eigenvalue weighted by atomic mass is 19.1. The van der Waals surface area contributed by atoms with Crippen LogP contribution in [0.2, 0.25) is 0 Å². The third-order valence-electron chi connectivity index (χ3n) is 3.81. The molecule has 2 aromatic carbocycles. The summed E-state index contributed by atoms with van der Waals surface area (Å²) >= 11 is 0. The molecule has 0 aliphatic heterocycles. The van der Waals surface area contributed by atoms with Crippen molar-refractivity contribution >= 4 is 11.8 Å². The van der Waals surface area contributed by atoms with Gasteiger partial charge in [0.1, 0.15) is 5.82 Å². The molecule has 0 saturated carbocycles. The second-order valence-corrected chi connectivity index (χ2v) is 5.84. The Kier molecular flexibility index (Phi) is 7.63. The van der Waals surface area contributed by atoms with Crippen molar-refractivity contribution in [2.75, 3.05) is 6.54 Å². The molecule has 0 bridgehead atoms. The first kappa shape index (κ1) is 18.6. The maximum absolute atomic E-state index is 12.8. The van der Waals surface area contributed by atoms with Gasteiger partial charge in [0.15, 0.2) is 0 Å². The first-order valence-corrected chi connectivity index (χ1v) is 8.49. The molecule has 132 valence electrons. The van der Waals surface area contributed by atoms with Crippen LogP contribution in [0.5, 0.6) is 0 Å². The van der Waals surface area contributed by atoms with Crippen LogP contribution in [0.25, 0.3) is 0 Å². The largest absolute Gasteiger partial charge is 0.352 e. The van der Waals surface area contributed by atoms with Gasteiger partial charge in [0.25, 0.3) is 5.91 Å². The van der Waals surface area contributed by atoms with E-state index in [9.17, 15) is 14.0 Å². The van der Waals surface area contributed by atoms with Crippen molar-refractivity contribution in [2.24, 2.45) is 0 Å². The van der Waals surface area contributed by atoms with Crippen LogP contribution in [0.3, 0.4) is 0 Å². The molecular formula is C20H23FN2O2. The van der Waals surface area contributed by atoms with E-state index in [-0.39, 0.29) is 17.6 Å². The van der Waals surface area contributed by atoms with E-state index in [1.165, 1.54) is 12.1 Å². The second-order valence-electron chi connectivity index (χ2n) is 5.84. The van der Waals surface area contributed by atoms with Crippen molar-refractivity contribution < 1.29 is 14.0 Å². The van der Waals surface area contributed by atoms with E-state index < -0.39 is 0 Å². The molecule has 0 heterocycles. The molecular weight excluding hydrogens is 319 g/mol. The lowest BCUT2D eigenvalue weighted by Crippen LogP contribution is -2.24. The number of benzene rings is 2. The number of carbonyl (C=O) groups excluding carboxylic acids is 2. The lowest BCUT2D eigenvalue weighted by Gasteiger charge is -2.06. The minimum atomic E-state index is -0.283. The Hall–Kier alpha value is -2.69. The Labute approximate surface area is 147 Å². The molecule has 0 atom stereocenters. The van der Waals surface area contributed by atoms with Gasteiger partial charge in [-0.05, 0) is 42.7 Å². The highest BCUT2D eigenvalue weighted by molar-refractivity contribution is 5.94. The molecule has 2 aromatic rings. The number of halogens is 1. The second kappa shape index (κ2) is 10.2. The number of hydrogen-bond donors (Lipinski definition) is 2. The zero-order chi connectivity index (χ0) is 17.9. The molecule has 0 aliphatic carbocycles. The fourth-order valence-electron chi connectivity index (χ4n) is 2.37. The molecule has 0 saturated heterocycles. The van der Waals surface area contributed by atoms with Crippen molar-refractivity contribution in [1.82, 2.24) is 10.6 Å². The van der Waals surface area contributed by atoms with Gasteiger partial charge in [-0.15, -0.1) is 0 Å². The van der Waals surface area contributed by atoms with E-state index in [1.54, 1.807) is 24.3 Å². The number of amides is 2. The predicted molar refractivity (Wildman–Crippen MR) is 95.5 cm³/mol. The molecule has 0 aliphatic rings. The summed E-state index contributed by atoms with van der Waals surface area (Å²) in [5.41, 5.74) is 1.53. The van der Waals surface area contributed by atoms with Crippen LogP contribution in [0.1, 0.15) is 41.6 Å². The summed E-state index contributed by atoms with van der Waals surface area (Å²) in [4.78, 5) is 23.6. The zero-order valence-corrected chi connectivity index (χ0v) is 14.1. The zero-order valence-electron chi connectivity index (χ0n) is 14.1. The fraction of sp³-hybridized carbons (Fsp3) is 0.300. The molecule has 25 heavy (non-hydrogen) atoms. The summed E-state index contributed by atoms with van der Waals surface area (Å²) in [6.07, 6.45) is 2.94. The van der Waals surface area contributed by atoms with Gasteiger partial charge in [-0.1, -0.05) is 36.8 Å². The van der Waals surface area contributed by atoms with E-state index >= 15 is 0 Å². The molecule has 4 nitrogen and oxygen atoms in total. The Balaban J connectivity index is 1.51. The topological polar surface area (TPSA) is 58.2 Å². The quantitative estimate of drug-likeness (QED) is 0.686. The van der Waals surface area contributed by atoms with E-state index in [4.69, 9.17) is 0 Å². The van der Waals surface area contributed by atoms with Crippen LogP contribution < -0.4 is 10.6 Å². The average molecular weight is 342 g/mol. The van der Waals surface area contributed by atoms with Crippen LogP contribution >= 0.6 is 0 Å². The first-order chi connectivity index (χ1) is 12.1. The van der Waals surface area contributed by atoms with Crippen molar-refractivity contribution in [2.45, 2.75) is 32.2 Å². The number of carbonyl (C=O) groups is 2. The third kappa shape index (κ3) is 7.16. The van der Waals surface area contributed by atoms with Gasteiger partial charge < -0.3 is 10.6 Å². The summed E-state index contributed by atoms with van der Waals surface area (Å²) in [7, 11) is 0. The normalized spacial score (nSPS) is 10.3. The SMILES string of the molecule is O=C(CCCCCNC(=O)c1ccccc1)NCc1ccc(F)cc1. The van der Waals surface area contributed by atoms with Crippen LogP contribution in [-0.4, -0.2) is 18.4 Å². The van der Waals surface area contributed by atoms with Crippen LogP contribution in [0, 0.1) is 5.82 Å². The molecule has 2 N–H and O–H groups in total. The lowest BCUT2D eigenvalue weighted by atomic mass is 10.1. The van der Waals surface area contributed by atoms with Crippen LogP contribution in [-0.2, 0) is 11.3 Å². The van der Waals surface area contributed by atoms with Gasteiger partial charge in [0.2, 0.25) is 5.91 Å². The van der Waals surface area contributed by atoms with Crippen molar-refractivity contribution in [3.63, 3.8) is 0 Å². The summed E-state index contributed by atoms with van der Waals surface area (Å²) < 4.78 is 12.8. The lowest BCUT2D eigenvalue weighted by molar-refractivity contribution is -0.121. The molecule has 0 fully saturated rings. The summed E-state index contributed by atoms with van der Waals surface area (Å²) in [6.45, 7) is 1.01. The molecule has 2 amide bonds. The minimum absolute atomic E-state index is 0.0161. The van der Waals surface area contributed by atoms with Gasteiger partial charge >= 0.3 is 0 Å². The Bertz CT molecular complexity index is 672. The van der Waals surface area contributed by atoms with Gasteiger partial charge in [0.05, 0.1) is 0 Å². The summed E-state index contributed by atoms with van der Waals surface area (Å²) in [5, 5.41) is 5.69. The average Bonchev–Trinajstić information content (AvgIpc) is 2.64. The van der Waals surface area contributed by atoms with Gasteiger partial charge in [-0.3, -0.25) is 9.59 Å². The molecule has 0 unspecified atom stereocenters. The van der Waals surface area contributed by atoms with E-state index in [2.05, 4.69) is 10.6 Å². The van der Waals surface area contributed by atoms with Crippen LogP contribution in [0.4, 0.5) is 4.39 Å². The maximum atomic E-state index is 12.8. The monoisotopic (exact) mass is 342 g/mol. The fourth-order valence-corrected chi connectivity index (χ4v) is 2.37. The Morgan fingerprint density at radius 1 is 0.840 bits per heavy atom. The molecule has 5 heteroatoms. The van der Waals surface area contributed by atoms with E-state index in [0.29, 0.717) is 25.1 Å². The van der Waals surface area contributed by atoms with Gasteiger partial charge in [0, 0.05) is 25.1 Å². The first-order valence-electron chi connectivity index (χ1n) is 8.49. The smallest absolute Gasteiger partial charge is 0.251 e. The highest BCUT2D eigenvalue weighted by Crippen LogP contribution is 2.04. The predicted octanol–water partition coefficient (Wildman–Crippen LogP) is 3.43. The van der Waals surface area contributed by atoms with Crippen LogP contribution in [0.15, 0.2) is 54.6 Å². The Morgan fingerprint density at radius 2 is 1.56 bits per heavy atom. The summed E-state index contributed by atoms with van der Waals surface area (Å²) in [5.74, 6) is -0.371. The van der Waals surface area contributed by atoms with Crippen molar-refractivity contribution in [1.29, 1.82) is 0 Å². The van der Waals surface area contributed by atoms with E-state index in [1.807, 2.05) is 18.2 Å². The van der Waals surface area contributed by atoms with Gasteiger partial charge in [-0.2, -0.15) is 0 Å². The molecule has 0 aromatic heterocycles. The number of rotatable bonds is 9. The molecule has 0 spiro atoms. The van der Waals surface area contributed by atoms with Crippen molar-refractivity contribution in [3.8, 4) is 0 Å². The standard InChI is InChI=1S/C20H23FN2O2/c21-18-12-10-16(11-13-18)15-23-19(24)9-5-2-6-14-22-20(25)17-7-3-1-4-8-17/h1,3-4,7-8,10-13H,2,5-6,9,14-15H2,(H,22,25)(H,23,24). The number of unbranched alkanes of at least 4 members (excludes halogenated alkanes) is 2.